The molecular weight excluding hydrogens is 362 g/mol. The standard InChI is InChI=1S/C19H27N5O2S/c1-14-10-15(2)24(23-14)18-7-5-4-6-17(18)12-22-19(20-3)21-11-16-8-9-27(25,26)13-16/h4-7,10,16H,8-9,11-13H2,1-3H3,(H2,20,21,22). The molecule has 8 heteroatoms. The summed E-state index contributed by atoms with van der Waals surface area (Å²) in [4.78, 5) is 4.25. The minimum Gasteiger partial charge on any atom is -0.356 e. The third-order valence-corrected chi connectivity index (χ3v) is 6.62. The van der Waals surface area contributed by atoms with Gasteiger partial charge in [-0.15, -0.1) is 0 Å². The van der Waals surface area contributed by atoms with E-state index in [-0.39, 0.29) is 11.7 Å². The molecule has 0 bridgehead atoms. The summed E-state index contributed by atoms with van der Waals surface area (Å²) in [7, 11) is -1.14. The van der Waals surface area contributed by atoms with Crippen LogP contribution < -0.4 is 10.6 Å². The van der Waals surface area contributed by atoms with Gasteiger partial charge in [0, 0.05) is 25.8 Å². The van der Waals surface area contributed by atoms with E-state index in [2.05, 4.69) is 38.9 Å². The van der Waals surface area contributed by atoms with Crippen molar-refractivity contribution in [1.82, 2.24) is 20.4 Å². The minimum atomic E-state index is -2.85. The summed E-state index contributed by atoms with van der Waals surface area (Å²) < 4.78 is 25.1. The maximum atomic E-state index is 11.6. The van der Waals surface area contributed by atoms with Crippen LogP contribution in [0.4, 0.5) is 0 Å². The number of nitrogens with one attached hydrogen (secondary N) is 2. The van der Waals surface area contributed by atoms with Crippen LogP contribution in [0, 0.1) is 19.8 Å². The zero-order valence-electron chi connectivity index (χ0n) is 16.1. The quantitative estimate of drug-likeness (QED) is 0.599. The Bertz CT molecular complexity index is 933. The summed E-state index contributed by atoms with van der Waals surface area (Å²) in [5.41, 5.74) is 4.21. The highest BCUT2D eigenvalue weighted by molar-refractivity contribution is 7.91. The molecule has 2 heterocycles. The summed E-state index contributed by atoms with van der Waals surface area (Å²) in [5, 5.41) is 11.1. The zero-order chi connectivity index (χ0) is 19.4. The molecule has 27 heavy (non-hydrogen) atoms. The van der Waals surface area contributed by atoms with Crippen LogP contribution >= 0.6 is 0 Å². The molecule has 1 fully saturated rings. The Morgan fingerprint density at radius 3 is 2.70 bits per heavy atom. The van der Waals surface area contributed by atoms with Crippen molar-refractivity contribution in [1.29, 1.82) is 0 Å². The van der Waals surface area contributed by atoms with Gasteiger partial charge >= 0.3 is 0 Å². The zero-order valence-corrected chi connectivity index (χ0v) is 16.9. The van der Waals surface area contributed by atoms with Crippen LogP contribution in [0.5, 0.6) is 0 Å². The number of hydrogen-bond acceptors (Lipinski definition) is 4. The predicted octanol–water partition coefficient (Wildman–Crippen LogP) is 1.59. The fourth-order valence-electron chi connectivity index (χ4n) is 3.41. The molecule has 1 aromatic carbocycles. The van der Waals surface area contributed by atoms with Crippen LogP contribution in [0.1, 0.15) is 23.4 Å². The van der Waals surface area contributed by atoms with E-state index in [1.165, 1.54) is 0 Å². The van der Waals surface area contributed by atoms with Crippen molar-refractivity contribution >= 4 is 15.8 Å². The van der Waals surface area contributed by atoms with E-state index >= 15 is 0 Å². The number of hydrogen-bond donors (Lipinski definition) is 2. The summed E-state index contributed by atoms with van der Waals surface area (Å²) in [6, 6.07) is 10.2. The molecule has 1 aromatic heterocycles. The predicted molar refractivity (Wildman–Crippen MR) is 108 cm³/mol. The first-order valence-corrected chi connectivity index (χ1v) is 11.0. The molecule has 1 saturated heterocycles. The lowest BCUT2D eigenvalue weighted by atomic mass is 10.1. The molecule has 0 amide bonds. The Morgan fingerprint density at radius 2 is 2.07 bits per heavy atom. The minimum absolute atomic E-state index is 0.149. The fourth-order valence-corrected chi connectivity index (χ4v) is 5.28. The second-order valence-corrected chi connectivity index (χ2v) is 9.27. The van der Waals surface area contributed by atoms with Crippen molar-refractivity contribution in [3.63, 3.8) is 0 Å². The van der Waals surface area contributed by atoms with Crippen molar-refractivity contribution in [3.05, 3.63) is 47.3 Å². The number of para-hydroxylation sites is 1. The molecule has 146 valence electrons. The maximum Gasteiger partial charge on any atom is 0.191 e. The first-order chi connectivity index (χ1) is 12.9. The summed E-state index contributed by atoms with van der Waals surface area (Å²) in [6.07, 6.45) is 0.715. The third kappa shape index (κ3) is 4.88. The molecule has 2 aromatic rings. The number of nitrogens with zero attached hydrogens (tertiary/aromatic N) is 3. The van der Waals surface area contributed by atoms with Gasteiger partial charge < -0.3 is 10.6 Å². The number of aromatic nitrogens is 2. The van der Waals surface area contributed by atoms with E-state index in [1.807, 2.05) is 30.7 Å². The van der Waals surface area contributed by atoms with E-state index in [0.29, 0.717) is 31.2 Å². The van der Waals surface area contributed by atoms with E-state index in [0.717, 1.165) is 22.6 Å². The Kier molecular flexibility index (Phi) is 5.84. The third-order valence-electron chi connectivity index (χ3n) is 4.78. The van der Waals surface area contributed by atoms with Gasteiger partial charge in [-0.3, -0.25) is 4.99 Å². The summed E-state index contributed by atoms with van der Waals surface area (Å²) >= 11 is 0. The number of benzene rings is 1. The van der Waals surface area contributed by atoms with Crippen molar-refractivity contribution in [3.8, 4) is 5.69 Å². The molecule has 0 aliphatic carbocycles. The monoisotopic (exact) mass is 389 g/mol. The molecule has 1 atom stereocenters. The number of sulfone groups is 1. The van der Waals surface area contributed by atoms with Gasteiger partial charge in [0.25, 0.3) is 0 Å². The van der Waals surface area contributed by atoms with Crippen LogP contribution in [0.3, 0.4) is 0 Å². The molecule has 0 saturated carbocycles. The van der Waals surface area contributed by atoms with Crippen molar-refractivity contribution < 1.29 is 8.42 Å². The largest absolute Gasteiger partial charge is 0.356 e. The van der Waals surface area contributed by atoms with Crippen LogP contribution in [-0.4, -0.2) is 49.3 Å². The highest BCUT2D eigenvalue weighted by Gasteiger charge is 2.27. The van der Waals surface area contributed by atoms with Gasteiger partial charge in [-0.1, -0.05) is 18.2 Å². The molecule has 1 unspecified atom stereocenters. The van der Waals surface area contributed by atoms with Crippen LogP contribution in [-0.2, 0) is 16.4 Å². The normalized spacial score (nSPS) is 19.2. The van der Waals surface area contributed by atoms with Crippen molar-refractivity contribution in [2.24, 2.45) is 10.9 Å². The van der Waals surface area contributed by atoms with E-state index in [1.54, 1.807) is 7.05 Å². The van der Waals surface area contributed by atoms with E-state index < -0.39 is 9.84 Å². The Morgan fingerprint density at radius 1 is 1.30 bits per heavy atom. The van der Waals surface area contributed by atoms with Crippen molar-refractivity contribution in [2.45, 2.75) is 26.8 Å². The Balaban J connectivity index is 1.63. The number of guanidine groups is 1. The first-order valence-electron chi connectivity index (χ1n) is 9.14. The van der Waals surface area contributed by atoms with Crippen LogP contribution in [0.25, 0.3) is 5.69 Å². The van der Waals surface area contributed by atoms with Gasteiger partial charge in [-0.05, 0) is 43.9 Å². The summed E-state index contributed by atoms with van der Waals surface area (Å²) in [6.45, 7) is 5.23. The smallest absolute Gasteiger partial charge is 0.191 e. The second-order valence-electron chi connectivity index (χ2n) is 7.04. The maximum absolute atomic E-state index is 11.6. The van der Waals surface area contributed by atoms with E-state index in [4.69, 9.17) is 0 Å². The lowest BCUT2D eigenvalue weighted by molar-refractivity contribution is 0.567. The number of rotatable bonds is 5. The molecular formula is C19H27N5O2S. The van der Waals surface area contributed by atoms with Gasteiger partial charge in [0.05, 0.1) is 22.9 Å². The first kappa shape index (κ1) is 19.4. The molecule has 3 rings (SSSR count). The molecule has 1 aliphatic rings. The second kappa shape index (κ2) is 8.12. The average molecular weight is 390 g/mol. The Hall–Kier alpha value is -2.35. The van der Waals surface area contributed by atoms with Gasteiger partial charge in [0.15, 0.2) is 15.8 Å². The molecule has 0 radical (unpaired) electrons. The molecule has 1 aliphatic heterocycles. The molecule has 7 nitrogen and oxygen atoms in total. The highest BCUT2D eigenvalue weighted by atomic mass is 32.2. The fraction of sp³-hybridized carbons (Fsp3) is 0.474. The van der Waals surface area contributed by atoms with Gasteiger partial charge in [0.2, 0.25) is 0 Å². The van der Waals surface area contributed by atoms with Crippen molar-refractivity contribution in [2.75, 3.05) is 25.1 Å². The SMILES string of the molecule is CN=C(NCc1ccccc1-n1nc(C)cc1C)NCC1CCS(=O)(=O)C1. The van der Waals surface area contributed by atoms with Gasteiger partial charge in [-0.25, -0.2) is 13.1 Å². The van der Waals surface area contributed by atoms with Gasteiger partial charge in [-0.2, -0.15) is 5.10 Å². The topological polar surface area (TPSA) is 88.4 Å². The van der Waals surface area contributed by atoms with Crippen LogP contribution in [0.15, 0.2) is 35.3 Å². The number of aliphatic imine (C=N–C) groups is 1. The van der Waals surface area contributed by atoms with E-state index in [9.17, 15) is 8.42 Å². The van der Waals surface area contributed by atoms with Crippen LogP contribution in [0.2, 0.25) is 0 Å². The lowest BCUT2D eigenvalue weighted by Crippen LogP contribution is -2.39. The molecule has 0 spiro atoms. The Labute approximate surface area is 160 Å². The molecule has 2 N–H and O–H groups in total. The number of aryl methyl sites for hydroxylation is 2. The lowest BCUT2D eigenvalue weighted by Gasteiger charge is -2.16. The highest BCUT2D eigenvalue weighted by Crippen LogP contribution is 2.18. The average Bonchev–Trinajstić information content (AvgIpc) is 3.16. The van der Waals surface area contributed by atoms with Gasteiger partial charge in [0.1, 0.15) is 0 Å². The summed E-state index contributed by atoms with van der Waals surface area (Å²) in [5.74, 6) is 1.37.